The molecule has 2 aromatic rings. The molecule has 0 spiro atoms. The fraction of sp³-hybridized carbons (Fsp3) is 0.400. The summed E-state index contributed by atoms with van der Waals surface area (Å²) in [5.74, 6) is 0.227. The maximum atomic E-state index is 12.8. The molecule has 1 heterocycles. The molecule has 0 fully saturated rings. The van der Waals surface area contributed by atoms with Crippen molar-refractivity contribution in [2.24, 2.45) is 11.7 Å². The van der Waals surface area contributed by atoms with E-state index in [1.54, 1.807) is 18.2 Å². The fourth-order valence-electron chi connectivity index (χ4n) is 2.71. The third-order valence-corrected chi connectivity index (χ3v) is 5.18. The number of aryl methyl sites for hydroxylation is 1. The molecule has 0 bridgehead atoms. The number of thiophene rings is 1. The zero-order chi connectivity index (χ0) is 19.3. The first-order valence-corrected chi connectivity index (χ1v) is 9.62. The Bertz CT molecular complexity index is 796. The standard InChI is InChI=1S/C20H26N2O3S/c1-5-14-13(4)26-20(17(14)18(21)23)22-19(24)15-8-6-7-9-16(15)25-11-10-12(2)3/h6-9,12H,5,10-11H2,1-4H3,(H2,21,23)(H,22,24). The molecule has 2 rings (SSSR count). The highest BCUT2D eigenvalue weighted by molar-refractivity contribution is 7.16. The van der Waals surface area contributed by atoms with Crippen molar-refractivity contribution < 1.29 is 14.3 Å². The summed E-state index contributed by atoms with van der Waals surface area (Å²) in [7, 11) is 0. The number of carbonyl (C=O) groups excluding carboxylic acids is 2. The van der Waals surface area contributed by atoms with E-state index in [9.17, 15) is 9.59 Å². The van der Waals surface area contributed by atoms with Gasteiger partial charge in [0.1, 0.15) is 10.8 Å². The van der Waals surface area contributed by atoms with Gasteiger partial charge in [0.15, 0.2) is 0 Å². The monoisotopic (exact) mass is 374 g/mol. The summed E-state index contributed by atoms with van der Waals surface area (Å²) in [6.45, 7) is 8.68. The minimum atomic E-state index is -0.525. The van der Waals surface area contributed by atoms with E-state index in [0.29, 0.717) is 40.8 Å². The Morgan fingerprint density at radius 2 is 1.96 bits per heavy atom. The van der Waals surface area contributed by atoms with E-state index in [-0.39, 0.29) is 5.91 Å². The van der Waals surface area contributed by atoms with Crippen molar-refractivity contribution in [3.8, 4) is 5.75 Å². The van der Waals surface area contributed by atoms with Gasteiger partial charge in [-0.3, -0.25) is 9.59 Å². The van der Waals surface area contributed by atoms with Gasteiger partial charge >= 0.3 is 0 Å². The minimum Gasteiger partial charge on any atom is -0.493 e. The summed E-state index contributed by atoms with van der Waals surface area (Å²) in [6.07, 6.45) is 1.59. The zero-order valence-corrected chi connectivity index (χ0v) is 16.5. The third kappa shape index (κ3) is 4.64. The molecule has 0 aliphatic carbocycles. The number of hydrogen-bond acceptors (Lipinski definition) is 4. The Kier molecular flexibility index (Phi) is 6.80. The normalized spacial score (nSPS) is 10.8. The predicted molar refractivity (Wildman–Crippen MR) is 106 cm³/mol. The number of hydrogen-bond donors (Lipinski definition) is 2. The maximum Gasteiger partial charge on any atom is 0.260 e. The Labute approximate surface area is 158 Å². The molecule has 0 saturated heterocycles. The van der Waals surface area contributed by atoms with Crippen LogP contribution in [0.25, 0.3) is 0 Å². The maximum absolute atomic E-state index is 12.8. The van der Waals surface area contributed by atoms with Crippen LogP contribution in [-0.4, -0.2) is 18.4 Å². The Morgan fingerprint density at radius 3 is 2.58 bits per heavy atom. The average molecular weight is 375 g/mol. The summed E-state index contributed by atoms with van der Waals surface area (Å²) in [4.78, 5) is 25.6. The predicted octanol–water partition coefficient (Wildman–Crippen LogP) is 4.40. The number of nitrogens with two attached hydrogens (primary N) is 1. The largest absolute Gasteiger partial charge is 0.493 e. The van der Waals surface area contributed by atoms with Gasteiger partial charge < -0.3 is 15.8 Å². The van der Waals surface area contributed by atoms with Gasteiger partial charge in [-0.2, -0.15) is 0 Å². The van der Waals surface area contributed by atoms with E-state index in [2.05, 4.69) is 19.2 Å². The first-order valence-electron chi connectivity index (χ1n) is 8.80. The van der Waals surface area contributed by atoms with Crippen LogP contribution in [0.5, 0.6) is 5.75 Å². The van der Waals surface area contributed by atoms with Crippen LogP contribution in [0.2, 0.25) is 0 Å². The molecule has 5 nitrogen and oxygen atoms in total. The number of ether oxygens (including phenoxy) is 1. The van der Waals surface area contributed by atoms with E-state index in [1.165, 1.54) is 11.3 Å². The van der Waals surface area contributed by atoms with Gasteiger partial charge in [0.05, 0.1) is 17.7 Å². The molecular weight excluding hydrogens is 348 g/mol. The highest BCUT2D eigenvalue weighted by Gasteiger charge is 2.22. The van der Waals surface area contributed by atoms with Crippen molar-refractivity contribution in [1.29, 1.82) is 0 Å². The molecule has 140 valence electrons. The molecule has 0 saturated carbocycles. The highest BCUT2D eigenvalue weighted by Crippen LogP contribution is 2.34. The van der Waals surface area contributed by atoms with E-state index >= 15 is 0 Å². The second-order valence-corrected chi connectivity index (χ2v) is 7.76. The Hall–Kier alpha value is -2.34. The topological polar surface area (TPSA) is 81.4 Å². The second kappa shape index (κ2) is 8.85. The molecule has 0 atom stereocenters. The van der Waals surface area contributed by atoms with Crippen LogP contribution in [-0.2, 0) is 6.42 Å². The van der Waals surface area contributed by atoms with Crippen molar-refractivity contribution in [2.75, 3.05) is 11.9 Å². The minimum absolute atomic E-state index is 0.309. The number of anilines is 1. The first-order chi connectivity index (χ1) is 12.3. The van der Waals surface area contributed by atoms with Crippen LogP contribution in [0.15, 0.2) is 24.3 Å². The number of primary amides is 1. The molecule has 0 aliphatic heterocycles. The van der Waals surface area contributed by atoms with Crippen molar-refractivity contribution in [3.63, 3.8) is 0 Å². The molecule has 0 unspecified atom stereocenters. The lowest BCUT2D eigenvalue weighted by atomic mass is 10.1. The molecule has 26 heavy (non-hydrogen) atoms. The van der Waals surface area contributed by atoms with Crippen LogP contribution in [0.3, 0.4) is 0 Å². The lowest BCUT2D eigenvalue weighted by Gasteiger charge is -2.12. The van der Waals surface area contributed by atoms with Gasteiger partial charge in [-0.15, -0.1) is 11.3 Å². The number of benzene rings is 1. The number of amides is 2. The van der Waals surface area contributed by atoms with Gasteiger partial charge in [0, 0.05) is 4.88 Å². The van der Waals surface area contributed by atoms with Crippen molar-refractivity contribution in [3.05, 3.63) is 45.8 Å². The molecular formula is C20H26N2O3S. The molecule has 3 N–H and O–H groups in total. The van der Waals surface area contributed by atoms with Crippen LogP contribution < -0.4 is 15.8 Å². The number of carbonyl (C=O) groups is 2. The molecule has 0 radical (unpaired) electrons. The second-order valence-electron chi connectivity index (χ2n) is 6.54. The van der Waals surface area contributed by atoms with E-state index in [0.717, 1.165) is 16.9 Å². The number of para-hydroxylation sites is 1. The number of nitrogens with one attached hydrogen (secondary N) is 1. The smallest absolute Gasteiger partial charge is 0.260 e. The van der Waals surface area contributed by atoms with Crippen LogP contribution in [0.1, 0.15) is 58.3 Å². The zero-order valence-electron chi connectivity index (χ0n) is 15.7. The summed E-state index contributed by atoms with van der Waals surface area (Å²) in [5.41, 5.74) is 7.27. The molecule has 1 aromatic carbocycles. The Morgan fingerprint density at radius 1 is 1.27 bits per heavy atom. The van der Waals surface area contributed by atoms with Crippen molar-refractivity contribution in [1.82, 2.24) is 0 Å². The van der Waals surface area contributed by atoms with Crippen molar-refractivity contribution in [2.45, 2.75) is 40.5 Å². The lowest BCUT2D eigenvalue weighted by molar-refractivity contribution is 0.100. The van der Waals surface area contributed by atoms with Crippen LogP contribution in [0, 0.1) is 12.8 Å². The average Bonchev–Trinajstić information content (AvgIpc) is 2.90. The SMILES string of the molecule is CCc1c(C)sc(NC(=O)c2ccccc2OCCC(C)C)c1C(N)=O. The van der Waals surface area contributed by atoms with Gasteiger partial charge in [-0.05, 0) is 43.4 Å². The van der Waals surface area contributed by atoms with E-state index < -0.39 is 5.91 Å². The lowest BCUT2D eigenvalue weighted by Crippen LogP contribution is -2.18. The van der Waals surface area contributed by atoms with Gasteiger partial charge in [0.2, 0.25) is 0 Å². The summed E-state index contributed by atoms with van der Waals surface area (Å²) < 4.78 is 5.79. The van der Waals surface area contributed by atoms with E-state index in [1.807, 2.05) is 19.9 Å². The molecule has 2 amide bonds. The molecule has 0 aliphatic rings. The van der Waals surface area contributed by atoms with Gasteiger partial charge in [-0.1, -0.05) is 32.9 Å². The quantitative estimate of drug-likeness (QED) is 0.719. The number of rotatable bonds is 8. The summed E-state index contributed by atoms with van der Waals surface area (Å²) in [6, 6.07) is 7.11. The fourth-order valence-corrected chi connectivity index (χ4v) is 3.85. The van der Waals surface area contributed by atoms with Gasteiger partial charge in [-0.25, -0.2) is 0 Å². The Balaban J connectivity index is 2.25. The molecule has 1 aromatic heterocycles. The molecule has 6 heteroatoms. The highest BCUT2D eigenvalue weighted by atomic mass is 32.1. The summed E-state index contributed by atoms with van der Waals surface area (Å²) >= 11 is 1.37. The van der Waals surface area contributed by atoms with E-state index in [4.69, 9.17) is 10.5 Å². The van der Waals surface area contributed by atoms with Crippen LogP contribution >= 0.6 is 11.3 Å². The van der Waals surface area contributed by atoms with Crippen molar-refractivity contribution >= 4 is 28.2 Å². The van der Waals surface area contributed by atoms with Crippen LogP contribution in [0.4, 0.5) is 5.00 Å². The summed E-state index contributed by atoms with van der Waals surface area (Å²) in [5, 5.41) is 3.34. The van der Waals surface area contributed by atoms with Gasteiger partial charge in [0.25, 0.3) is 11.8 Å². The first kappa shape index (κ1) is 20.0. The third-order valence-electron chi connectivity index (χ3n) is 4.12.